The van der Waals surface area contributed by atoms with E-state index in [9.17, 15) is 9.59 Å². The fourth-order valence-electron chi connectivity index (χ4n) is 1.15. The molecular formula is C10H19NO3. The molecule has 2 N–H and O–H groups in total. The van der Waals surface area contributed by atoms with Gasteiger partial charge in [0, 0.05) is 12.0 Å². The largest absolute Gasteiger partial charge is 0.481 e. The minimum Gasteiger partial charge on any atom is -0.481 e. The van der Waals surface area contributed by atoms with Crippen molar-refractivity contribution in [1.29, 1.82) is 0 Å². The molecule has 1 unspecified atom stereocenters. The van der Waals surface area contributed by atoms with E-state index in [2.05, 4.69) is 5.32 Å². The first-order valence-electron chi connectivity index (χ1n) is 4.99. The summed E-state index contributed by atoms with van der Waals surface area (Å²) in [6, 6.07) is -0.229. The van der Waals surface area contributed by atoms with E-state index in [-0.39, 0.29) is 24.3 Å². The molecule has 0 heterocycles. The third-order valence-corrected chi connectivity index (χ3v) is 1.93. The number of aliphatic carboxylic acids is 1. The van der Waals surface area contributed by atoms with Gasteiger partial charge >= 0.3 is 5.97 Å². The molecular weight excluding hydrogens is 182 g/mol. The number of carboxylic acid groups (broad SMARTS) is 1. The minimum absolute atomic E-state index is 0.00625. The molecule has 0 aromatic heterocycles. The Morgan fingerprint density at radius 3 is 2.29 bits per heavy atom. The highest BCUT2D eigenvalue weighted by atomic mass is 16.4. The number of rotatable bonds is 6. The highest BCUT2D eigenvalue weighted by Gasteiger charge is 2.16. The number of nitrogens with one attached hydrogen (secondary N) is 1. The van der Waals surface area contributed by atoms with Crippen LogP contribution in [0.1, 0.15) is 40.0 Å². The van der Waals surface area contributed by atoms with Gasteiger partial charge in [-0.1, -0.05) is 27.2 Å². The van der Waals surface area contributed by atoms with E-state index < -0.39 is 5.97 Å². The van der Waals surface area contributed by atoms with Crippen LogP contribution in [0.25, 0.3) is 0 Å². The van der Waals surface area contributed by atoms with Crippen molar-refractivity contribution in [3.8, 4) is 0 Å². The SMILES string of the molecule is CCCC(CC(=O)O)NC(=O)C(C)C. The van der Waals surface area contributed by atoms with Crippen molar-refractivity contribution in [3.63, 3.8) is 0 Å². The van der Waals surface area contributed by atoms with Crippen molar-refractivity contribution >= 4 is 11.9 Å². The molecule has 0 aliphatic rings. The topological polar surface area (TPSA) is 66.4 Å². The molecule has 0 spiro atoms. The molecule has 82 valence electrons. The highest BCUT2D eigenvalue weighted by Crippen LogP contribution is 2.03. The van der Waals surface area contributed by atoms with Crippen molar-refractivity contribution in [3.05, 3.63) is 0 Å². The maximum atomic E-state index is 11.3. The molecule has 0 aliphatic heterocycles. The first-order chi connectivity index (χ1) is 6.47. The van der Waals surface area contributed by atoms with E-state index in [1.165, 1.54) is 0 Å². The predicted octanol–water partition coefficient (Wildman–Crippen LogP) is 1.40. The molecule has 1 amide bonds. The summed E-state index contributed by atoms with van der Waals surface area (Å²) in [5.41, 5.74) is 0. The van der Waals surface area contributed by atoms with E-state index in [1.807, 2.05) is 6.92 Å². The van der Waals surface area contributed by atoms with Crippen LogP contribution in [0.4, 0.5) is 0 Å². The predicted molar refractivity (Wildman–Crippen MR) is 53.9 cm³/mol. The third-order valence-electron chi connectivity index (χ3n) is 1.93. The van der Waals surface area contributed by atoms with Crippen molar-refractivity contribution in [1.82, 2.24) is 5.32 Å². The summed E-state index contributed by atoms with van der Waals surface area (Å²) in [4.78, 5) is 21.8. The molecule has 4 nitrogen and oxygen atoms in total. The molecule has 0 bridgehead atoms. The van der Waals surface area contributed by atoms with Gasteiger partial charge in [0.05, 0.1) is 6.42 Å². The Morgan fingerprint density at radius 1 is 1.36 bits per heavy atom. The Kier molecular flexibility index (Phi) is 5.92. The van der Waals surface area contributed by atoms with Gasteiger partial charge in [-0.25, -0.2) is 0 Å². The Bertz CT molecular complexity index is 202. The van der Waals surface area contributed by atoms with Crippen molar-refractivity contribution in [2.75, 3.05) is 0 Å². The minimum atomic E-state index is -0.868. The second-order valence-electron chi connectivity index (χ2n) is 3.75. The zero-order chi connectivity index (χ0) is 11.1. The van der Waals surface area contributed by atoms with Crippen LogP contribution in [0.5, 0.6) is 0 Å². The molecule has 4 heteroatoms. The lowest BCUT2D eigenvalue weighted by atomic mass is 10.1. The number of hydrogen-bond donors (Lipinski definition) is 2. The second-order valence-corrected chi connectivity index (χ2v) is 3.75. The number of carbonyl (C=O) groups excluding carboxylic acids is 1. The van der Waals surface area contributed by atoms with Crippen LogP contribution < -0.4 is 5.32 Å². The van der Waals surface area contributed by atoms with Gasteiger partial charge in [0.1, 0.15) is 0 Å². The van der Waals surface area contributed by atoms with Crippen molar-refractivity contribution < 1.29 is 14.7 Å². The molecule has 1 atom stereocenters. The maximum Gasteiger partial charge on any atom is 0.305 e. The van der Waals surface area contributed by atoms with E-state index in [4.69, 9.17) is 5.11 Å². The van der Waals surface area contributed by atoms with Gasteiger partial charge in [-0.15, -0.1) is 0 Å². The highest BCUT2D eigenvalue weighted by molar-refractivity contribution is 5.79. The number of amides is 1. The first-order valence-corrected chi connectivity index (χ1v) is 4.99. The lowest BCUT2D eigenvalue weighted by Gasteiger charge is -2.17. The summed E-state index contributed by atoms with van der Waals surface area (Å²) in [6.45, 7) is 5.55. The summed E-state index contributed by atoms with van der Waals surface area (Å²) in [7, 11) is 0. The van der Waals surface area contributed by atoms with Gasteiger partial charge in [-0.3, -0.25) is 9.59 Å². The second kappa shape index (κ2) is 6.40. The van der Waals surface area contributed by atoms with Gasteiger partial charge in [0.25, 0.3) is 0 Å². The standard InChI is InChI=1S/C10H19NO3/c1-4-5-8(6-9(12)13)11-10(14)7(2)3/h7-8H,4-6H2,1-3H3,(H,11,14)(H,12,13). The molecule has 0 radical (unpaired) electrons. The van der Waals surface area contributed by atoms with Gasteiger partial charge in [0.2, 0.25) is 5.91 Å². The lowest BCUT2D eigenvalue weighted by molar-refractivity contribution is -0.137. The van der Waals surface area contributed by atoms with Crippen LogP contribution in [-0.4, -0.2) is 23.0 Å². The van der Waals surface area contributed by atoms with E-state index in [0.717, 1.165) is 6.42 Å². The van der Waals surface area contributed by atoms with Crippen LogP contribution in [0.2, 0.25) is 0 Å². The van der Waals surface area contributed by atoms with Crippen LogP contribution in [0, 0.1) is 5.92 Å². The molecule has 0 saturated carbocycles. The Hall–Kier alpha value is -1.06. The third kappa shape index (κ3) is 5.56. The van der Waals surface area contributed by atoms with Gasteiger partial charge < -0.3 is 10.4 Å². The van der Waals surface area contributed by atoms with Gasteiger partial charge in [0.15, 0.2) is 0 Å². The molecule has 0 rings (SSSR count). The molecule has 0 saturated heterocycles. The Labute approximate surface area is 84.7 Å². The summed E-state index contributed by atoms with van der Waals surface area (Å²) >= 11 is 0. The van der Waals surface area contributed by atoms with E-state index in [1.54, 1.807) is 13.8 Å². The number of carboxylic acids is 1. The van der Waals surface area contributed by atoms with Crippen molar-refractivity contribution in [2.45, 2.75) is 46.1 Å². The summed E-state index contributed by atoms with van der Waals surface area (Å²) < 4.78 is 0. The average molecular weight is 201 g/mol. The molecule has 0 fully saturated rings. The van der Waals surface area contributed by atoms with Crippen LogP contribution in [-0.2, 0) is 9.59 Å². The average Bonchev–Trinajstić information content (AvgIpc) is 2.02. The fraction of sp³-hybridized carbons (Fsp3) is 0.800. The number of hydrogen-bond acceptors (Lipinski definition) is 2. The molecule has 0 aromatic rings. The molecule has 14 heavy (non-hydrogen) atoms. The summed E-state index contributed by atoms with van der Waals surface area (Å²) in [5, 5.41) is 11.3. The monoisotopic (exact) mass is 201 g/mol. The normalized spacial score (nSPS) is 12.6. The van der Waals surface area contributed by atoms with Crippen molar-refractivity contribution in [2.24, 2.45) is 5.92 Å². The van der Waals surface area contributed by atoms with E-state index in [0.29, 0.717) is 6.42 Å². The molecule has 0 aliphatic carbocycles. The Balaban J connectivity index is 4.08. The Morgan fingerprint density at radius 2 is 1.93 bits per heavy atom. The zero-order valence-corrected chi connectivity index (χ0v) is 9.04. The summed E-state index contributed by atoms with van der Waals surface area (Å²) in [5.74, 6) is -1.04. The zero-order valence-electron chi connectivity index (χ0n) is 9.04. The lowest BCUT2D eigenvalue weighted by Crippen LogP contribution is -2.38. The van der Waals surface area contributed by atoms with E-state index >= 15 is 0 Å². The van der Waals surface area contributed by atoms with Gasteiger partial charge in [-0.05, 0) is 6.42 Å². The van der Waals surface area contributed by atoms with Gasteiger partial charge in [-0.2, -0.15) is 0 Å². The van der Waals surface area contributed by atoms with Crippen LogP contribution >= 0.6 is 0 Å². The quantitative estimate of drug-likeness (QED) is 0.682. The fourth-order valence-corrected chi connectivity index (χ4v) is 1.15. The summed E-state index contributed by atoms with van der Waals surface area (Å²) in [6.07, 6.45) is 1.59. The first kappa shape index (κ1) is 12.9. The molecule has 0 aromatic carbocycles. The van der Waals surface area contributed by atoms with Crippen LogP contribution in [0.15, 0.2) is 0 Å². The maximum absolute atomic E-state index is 11.3. The number of carbonyl (C=O) groups is 2. The van der Waals surface area contributed by atoms with Crippen LogP contribution in [0.3, 0.4) is 0 Å². The smallest absolute Gasteiger partial charge is 0.305 e.